The number of nitriles is 1. The molecule has 0 atom stereocenters. The Bertz CT molecular complexity index is 466. The summed E-state index contributed by atoms with van der Waals surface area (Å²) >= 11 is 1.62. The summed E-state index contributed by atoms with van der Waals surface area (Å²) < 4.78 is 0. The van der Waals surface area contributed by atoms with Crippen LogP contribution in [-0.2, 0) is 13.0 Å². The van der Waals surface area contributed by atoms with Crippen molar-refractivity contribution in [2.24, 2.45) is 0 Å². The number of rotatable bonds is 5. The van der Waals surface area contributed by atoms with Gasteiger partial charge in [0.15, 0.2) is 0 Å². The summed E-state index contributed by atoms with van der Waals surface area (Å²) in [6.45, 7) is 1.72. The number of nitrogens with zero attached hydrogens (tertiary/aromatic N) is 2. The van der Waals surface area contributed by atoms with Gasteiger partial charge in [0.1, 0.15) is 6.07 Å². The summed E-state index contributed by atoms with van der Waals surface area (Å²) in [5.74, 6) is 0. The molecule has 2 heterocycles. The molecule has 0 fully saturated rings. The van der Waals surface area contributed by atoms with Crippen LogP contribution in [0.2, 0.25) is 0 Å². The van der Waals surface area contributed by atoms with Crippen LogP contribution in [0.25, 0.3) is 0 Å². The fourth-order valence-corrected chi connectivity index (χ4v) is 2.17. The average molecular weight is 232 g/mol. The molecule has 0 saturated carbocycles. The quantitative estimate of drug-likeness (QED) is 0.771. The number of thiophene rings is 1. The van der Waals surface area contributed by atoms with Crippen molar-refractivity contribution in [3.05, 3.63) is 40.1 Å². The van der Waals surface area contributed by atoms with Gasteiger partial charge in [-0.25, -0.2) is 4.98 Å². The second kappa shape index (κ2) is 5.45. The second-order valence-electron chi connectivity index (χ2n) is 3.42. The number of aromatic nitrogens is 2. The minimum absolute atomic E-state index is 0.746. The topological polar surface area (TPSA) is 64.5 Å². The Morgan fingerprint density at radius 1 is 1.56 bits per heavy atom. The van der Waals surface area contributed by atoms with Crippen LogP contribution in [0.3, 0.4) is 0 Å². The zero-order valence-electron chi connectivity index (χ0n) is 8.73. The SMILES string of the molecule is N#Cc1csc(CNCCc2cnc[nH]2)c1. The Morgan fingerprint density at radius 3 is 3.19 bits per heavy atom. The molecule has 16 heavy (non-hydrogen) atoms. The molecule has 0 amide bonds. The highest BCUT2D eigenvalue weighted by Crippen LogP contribution is 2.13. The van der Waals surface area contributed by atoms with E-state index < -0.39 is 0 Å². The Morgan fingerprint density at radius 2 is 2.50 bits per heavy atom. The van der Waals surface area contributed by atoms with Crippen molar-refractivity contribution in [2.75, 3.05) is 6.54 Å². The molecular formula is C11H12N4S. The van der Waals surface area contributed by atoms with Gasteiger partial charge in [0.25, 0.3) is 0 Å². The van der Waals surface area contributed by atoms with Crippen molar-refractivity contribution in [1.82, 2.24) is 15.3 Å². The van der Waals surface area contributed by atoms with E-state index in [1.165, 1.54) is 4.88 Å². The number of hydrogen-bond donors (Lipinski definition) is 2. The van der Waals surface area contributed by atoms with Crippen LogP contribution < -0.4 is 5.32 Å². The Hall–Kier alpha value is -1.64. The summed E-state index contributed by atoms with van der Waals surface area (Å²) in [6, 6.07) is 4.05. The predicted octanol–water partition coefficient (Wildman–Crippen LogP) is 1.68. The second-order valence-corrected chi connectivity index (χ2v) is 4.41. The van der Waals surface area contributed by atoms with Crippen LogP contribution in [0.15, 0.2) is 24.0 Å². The van der Waals surface area contributed by atoms with E-state index in [4.69, 9.17) is 5.26 Å². The van der Waals surface area contributed by atoms with Crippen molar-refractivity contribution in [1.29, 1.82) is 5.26 Å². The maximum absolute atomic E-state index is 8.67. The third-order valence-corrected chi connectivity index (χ3v) is 3.14. The standard InChI is InChI=1S/C11H12N4S/c12-4-9-3-11(16-7-9)6-13-2-1-10-5-14-8-15-10/h3,5,7-8,13H,1-2,6H2,(H,14,15). The first-order valence-electron chi connectivity index (χ1n) is 5.04. The molecule has 2 aromatic rings. The molecule has 82 valence electrons. The van der Waals surface area contributed by atoms with Gasteiger partial charge in [-0.1, -0.05) is 0 Å². The minimum atomic E-state index is 0.746. The summed E-state index contributed by atoms with van der Waals surface area (Å²) in [7, 11) is 0. The summed E-state index contributed by atoms with van der Waals surface area (Å²) in [4.78, 5) is 8.21. The Kier molecular flexibility index (Phi) is 3.70. The largest absolute Gasteiger partial charge is 0.348 e. The Labute approximate surface area is 98.0 Å². The molecule has 2 rings (SSSR count). The minimum Gasteiger partial charge on any atom is -0.348 e. The highest BCUT2D eigenvalue weighted by Gasteiger charge is 1.98. The third kappa shape index (κ3) is 2.92. The molecule has 0 aliphatic carbocycles. The lowest BCUT2D eigenvalue weighted by molar-refractivity contribution is 0.687. The van der Waals surface area contributed by atoms with Gasteiger partial charge in [0.05, 0.1) is 11.9 Å². The fourth-order valence-electron chi connectivity index (χ4n) is 1.39. The van der Waals surface area contributed by atoms with E-state index in [0.717, 1.165) is 30.8 Å². The van der Waals surface area contributed by atoms with Crippen molar-refractivity contribution in [2.45, 2.75) is 13.0 Å². The molecule has 0 aliphatic heterocycles. The molecule has 0 saturated heterocycles. The smallest absolute Gasteiger partial charge is 0.100 e. The number of nitrogens with one attached hydrogen (secondary N) is 2. The molecule has 2 aromatic heterocycles. The first-order chi connectivity index (χ1) is 7.88. The van der Waals surface area contributed by atoms with Gasteiger partial charge in [0, 0.05) is 41.7 Å². The first-order valence-corrected chi connectivity index (χ1v) is 5.92. The highest BCUT2D eigenvalue weighted by atomic mass is 32.1. The summed E-state index contributed by atoms with van der Waals surface area (Å²) in [5.41, 5.74) is 1.88. The summed E-state index contributed by atoms with van der Waals surface area (Å²) in [5, 5.41) is 13.9. The zero-order chi connectivity index (χ0) is 11.2. The predicted molar refractivity (Wildman–Crippen MR) is 63.0 cm³/mol. The van der Waals surface area contributed by atoms with Gasteiger partial charge in [-0.3, -0.25) is 0 Å². The molecule has 0 radical (unpaired) electrons. The molecule has 0 spiro atoms. The van der Waals surface area contributed by atoms with E-state index >= 15 is 0 Å². The molecule has 0 aliphatic rings. The first kappa shape index (κ1) is 10.9. The molecule has 0 unspecified atom stereocenters. The average Bonchev–Trinajstić information content (AvgIpc) is 2.95. The van der Waals surface area contributed by atoms with Crippen LogP contribution in [0.1, 0.15) is 16.1 Å². The molecule has 0 aromatic carbocycles. The zero-order valence-corrected chi connectivity index (χ0v) is 9.55. The van der Waals surface area contributed by atoms with Gasteiger partial charge in [-0.2, -0.15) is 5.26 Å². The van der Waals surface area contributed by atoms with Crippen LogP contribution in [-0.4, -0.2) is 16.5 Å². The van der Waals surface area contributed by atoms with Crippen molar-refractivity contribution < 1.29 is 0 Å². The van der Waals surface area contributed by atoms with E-state index in [9.17, 15) is 0 Å². The number of imidazole rings is 1. The van der Waals surface area contributed by atoms with E-state index in [1.54, 1.807) is 17.7 Å². The van der Waals surface area contributed by atoms with Gasteiger partial charge in [-0.15, -0.1) is 11.3 Å². The molecule has 5 heteroatoms. The van der Waals surface area contributed by atoms with Gasteiger partial charge < -0.3 is 10.3 Å². The number of H-pyrrole nitrogens is 1. The molecule has 2 N–H and O–H groups in total. The van der Waals surface area contributed by atoms with Gasteiger partial charge in [0.2, 0.25) is 0 Å². The normalized spacial score (nSPS) is 10.2. The van der Waals surface area contributed by atoms with E-state index in [-0.39, 0.29) is 0 Å². The highest BCUT2D eigenvalue weighted by molar-refractivity contribution is 7.10. The molecular weight excluding hydrogens is 220 g/mol. The van der Waals surface area contributed by atoms with Crippen LogP contribution in [0.4, 0.5) is 0 Å². The Balaban J connectivity index is 1.70. The monoisotopic (exact) mass is 232 g/mol. The van der Waals surface area contributed by atoms with E-state index in [0.29, 0.717) is 0 Å². The summed E-state index contributed by atoms with van der Waals surface area (Å²) in [6.07, 6.45) is 4.46. The maximum Gasteiger partial charge on any atom is 0.100 e. The maximum atomic E-state index is 8.67. The van der Waals surface area contributed by atoms with Crippen molar-refractivity contribution >= 4 is 11.3 Å². The van der Waals surface area contributed by atoms with Crippen molar-refractivity contribution in [3.8, 4) is 6.07 Å². The van der Waals surface area contributed by atoms with Crippen LogP contribution >= 0.6 is 11.3 Å². The number of hydrogen-bond acceptors (Lipinski definition) is 4. The lowest BCUT2D eigenvalue weighted by atomic mass is 10.3. The van der Waals surface area contributed by atoms with E-state index in [2.05, 4.69) is 21.4 Å². The van der Waals surface area contributed by atoms with Crippen LogP contribution in [0.5, 0.6) is 0 Å². The molecule has 4 nitrogen and oxygen atoms in total. The van der Waals surface area contributed by atoms with Gasteiger partial charge >= 0.3 is 0 Å². The fraction of sp³-hybridized carbons (Fsp3) is 0.273. The van der Waals surface area contributed by atoms with Crippen LogP contribution in [0, 0.1) is 11.3 Å². The van der Waals surface area contributed by atoms with E-state index in [1.807, 2.05) is 17.6 Å². The van der Waals surface area contributed by atoms with Gasteiger partial charge in [-0.05, 0) is 6.07 Å². The van der Waals surface area contributed by atoms with Crippen molar-refractivity contribution in [3.63, 3.8) is 0 Å². The third-order valence-electron chi connectivity index (χ3n) is 2.21. The lowest BCUT2D eigenvalue weighted by Crippen LogP contribution is -2.16. The lowest BCUT2D eigenvalue weighted by Gasteiger charge is -2.00. The molecule has 0 bridgehead atoms. The number of aromatic amines is 1.